The molecule has 0 unspecified atom stereocenters. The zero-order valence-corrected chi connectivity index (χ0v) is 10.9. The van der Waals surface area contributed by atoms with E-state index >= 15 is 0 Å². The summed E-state index contributed by atoms with van der Waals surface area (Å²) in [6.45, 7) is 2.10. The Labute approximate surface area is 102 Å². The molecule has 0 saturated carbocycles. The molecule has 1 aromatic carbocycles. The molecule has 0 N–H and O–H groups in total. The van der Waals surface area contributed by atoms with Gasteiger partial charge in [-0.1, -0.05) is 13.3 Å². The Morgan fingerprint density at radius 2 is 2.07 bits per heavy atom. The second-order valence-corrected chi connectivity index (χ2v) is 5.19. The molecule has 0 radical (unpaired) electrons. The third kappa shape index (κ3) is 3.76. The van der Waals surface area contributed by atoms with E-state index in [-0.39, 0.29) is 5.56 Å². The lowest BCUT2D eigenvalue weighted by molar-refractivity contribution is 0.562. The first kappa shape index (κ1) is 13.0. The summed E-state index contributed by atoms with van der Waals surface area (Å²) in [5.41, 5.74) is 0.172. The standard InChI is InChI=1S/C11H13BrF2S/c1-2-3-6-15-7-8-10(13)5-4-9(12)11(8)14/h4-5H,2-3,6-7H2,1H3. The summed E-state index contributed by atoms with van der Waals surface area (Å²) in [7, 11) is 0. The molecule has 1 rings (SSSR count). The van der Waals surface area contributed by atoms with Crippen LogP contribution in [0, 0.1) is 11.6 Å². The largest absolute Gasteiger partial charge is 0.207 e. The zero-order chi connectivity index (χ0) is 11.3. The van der Waals surface area contributed by atoms with Gasteiger partial charge in [-0.25, -0.2) is 8.78 Å². The van der Waals surface area contributed by atoms with Crippen molar-refractivity contribution in [3.8, 4) is 0 Å². The first-order chi connectivity index (χ1) is 7.16. The molecular weight excluding hydrogens is 282 g/mol. The minimum atomic E-state index is -0.473. The lowest BCUT2D eigenvalue weighted by Gasteiger charge is -2.05. The molecular formula is C11H13BrF2S. The Morgan fingerprint density at radius 1 is 1.33 bits per heavy atom. The Kier molecular flexibility index (Phi) is 5.61. The molecule has 1 aromatic rings. The maximum Gasteiger partial charge on any atom is 0.144 e. The molecule has 0 amide bonds. The highest BCUT2D eigenvalue weighted by molar-refractivity contribution is 9.10. The van der Waals surface area contributed by atoms with E-state index in [1.165, 1.54) is 12.1 Å². The van der Waals surface area contributed by atoms with Crippen molar-refractivity contribution in [1.29, 1.82) is 0 Å². The van der Waals surface area contributed by atoms with Crippen LogP contribution in [-0.2, 0) is 5.75 Å². The molecule has 84 valence electrons. The van der Waals surface area contributed by atoms with Crippen molar-refractivity contribution in [3.63, 3.8) is 0 Å². The first-order valence-corrected chi connectivity index (χ1v) is 6.81. The van der Waals surface area contributed by atoms with Crippen LogP contribution in [0.25, 0.3) is 0 Å². The highest BCUT2D eigenvalue weighted by Gasteiger charge is 2.11. The van der Waals surface area contributed by atoms with Crippen LogP contribution in [0.3, 0.4) is 0 Å². The maximum absolute atomic E-state index is 13.5. The van der Waals surface area contributed by atoms with Crippen molar-refractivity contribution in [2.75, 3.05) is 5.75 Å². The number of halogens is 3. The number of hydrogen-bond donors (Lipinski definition) is 0. The van der Waals surface area contributed by atoms with E-state index in [1.54, 1.807) is 11.8 Å². The van der Waals surface area contributed by atoms with Crippen molar-refractivity contribution >= 4 is 27.7 Å². The molecule has 0 fully saturated rings. The van der Waals surface area contributed by atoms with Crippen LogP contribution in [0.1, 0.15) is 25.3 Å². The quantitative estimate of drug-likeness (QED) is 0.557. The van der Waals surface area contributed by atoms with Crippen LogP contribution in [-0.4, -0.2) is 5.75 Å². The summed E-state index contributed by atoms with van der Waals surface area (Å²) in [4.78, 5) is 0. The zero-order valence-electron chi connectivity index (χ0n) is 8.53. The predicted molar refractivity (Wildman–Crippen MR) is 65.1 cm³/mol. The summed E-state index contributed by atoms with van der Waals surface area (Å²) in [6, 6.07) is 2.69. The number of benzene rings is 1. The van der Waals surface area contributed by atoms with Crippen LogP contribution in [0.5, 0.6) is 0 Å². The molecule has 0 spiro atoms. The van der Waals surface area contributed by atoms with Crippen molar-refractivity contribution in [1.82, 2.24) is 0 Å². The molecule has 0 aliphatic carbocycles. The van der Waals surface area contributed by atoms with E-state index in [0.717, 1.165) is 18.6 Å². The van der Waals surface area contributed by atoms with Gasteiger partial charge >= 0.3 is 0 Å². The second-order valence-electron chi connectivity index (χ2n) is 3.23. The third-order valence-electron chi connectivity index (χ3n) is 2.03. The molecule has 0 nitrogen and oxygen atoms in total. The summed E-state index contributed by atoms with van der Waals surface area (Å²) < 4.78 is 27.1. The Morgan fingerprint density at radius 3 is 2.73 bits per heavy atom. The molecule has 15 heavy (non-hydrogen) atoms. The predicted octanol–water partition coefficient (Wildman–Crippen LogP) is 4.76. The van der Waals surface area contributed by atoms with Gasteiger partial charge in [-0.3, -0.25) is 0 Å². The van der Waals surface area contributed by atoms with E-state index in [0.29, 0.717) is 10.2 Å². The Hall–Kier alpha value is -0.0900. The van der Waals surface area contributed by atoms with Gasteiger partial charge in [0.1, 0.15) is 11.6 Å². The monoisotopic (exact) mass is 294 g/mol. The van der Waals surface area contributed by atoms with Crippen molar-refractivity contribution in [2.45, 2.75) is 25.5 Å². The minimum Gasteiger partial charge on any atom is -0.207 e. The number of rotatable bonds is 5. The highest BCUT2D eigenvalue weighted by atomic mass is 79.9. The van der Waals surface area contributed by atoms with E-state index in [1.807, 2.05) is 0 Å². The Balaban J connectivity index is 2.63. The van der Waals surface area contributed by atoms with Crippen LogP contribution in [0.2, 0.25) is 0 Å². The number of unbranched alkanes of at least 4 members (excludes halogenated alkanes) is 1. The normalized spacial score (nSPS) is 10.7. The van der Waals surface area contributed by atoms with Crippen molar-refractivity contribution < 1.29 is 8.78 Å². The lowest BCUT2D eigenvalue weighted by Crippen LogP contribution is -1.95. The SMILES string of the molecule is CCCCSCc1c(F)ccc(Br)c1F. The van der Waals surface area contributed by atoms with Gasteiger partial charge in [-0.15, -0.1) is 0 Å². The topological polar surface area (TPSA) is 0 Å². The van der Waals surface area contributed by atoms with Gasteiger partial charge < -0.3 is 0 Å². The summed E-state index contributed by atoms with van der Waals surface area (Å²) in [5.74, 6) is 0.414. The van der Waals surface area contributed by atoms with Gasteiger partial charge in [0.15, 0.2) is 0 Å². The summed E-state index contributed by atoms with van der Waals surface area (Å²) >= 11 is 4.62. The van der Waals surface area contributed by atoms with Crippen LogP contribution in [0.4, 0.5) is 8.78 Å². The van der Waals surface area contributed by atoms with Gasteiger partial charge in [0.25, 0.3) is 0 Å². The summed E-state index contributed by atoms with van der Waals surface area (Å²) in [5, 5.41) is 0. The van der Waals surface area contributed by atoms with E-state index in [4.69, 9.17) is 0 Å². The van der Waals surface area contributed by atoms with E-state index in [9.17, 15) is 8.78 Å². The number of thioether (sulfide) groups is 1. The molecule has 0 bridgehead atoms. The fraction of sp³-hybridized carbons (Fsp3) is 0.455. The van der Waals surface area contributed by atoms with Crippen LogP contribution < -0.4 is 0 Å². The maximum atomic E-state index is 13.5. The van der Waals surface area contributed by atoms with Gasteiger partial charge in [-0.2, -0.15) is 11.8 Å². The minimum absolute atomic E-state index is 0.172. The highest BCUT2D eigenvalue weighted by Crippen LogP contribution is 2.25. The molecule has 0 aromatic heterocycles. The van der Waals surface area contributed by atoms with Gasteiger partial charge in [-0.05, 0) is 40.2 Å². The van der Waals surface area contributed by atoms with Crippen molar-refractivity contribution in [3.05, 3.63) is 33.8 Å². The molecule has 0 atom stereocenters. The lowest BCUT2D eigenvalue weighted by atomic mass is 10.2. The van der Waals surface area contributed by atoms with Gasteiger partial charge in [0.2, 0.25) is 0 Å². The van der Waals surface area contributed by atoms with Crippen LogP contribution in [0.15, 0.2) is 16.6 Å². The summed E-state index contributed by atoms with van der Waals surface area (Å²) in [6.07, 6.45) is 2.19. The molecule has 0 heterocycles. The molecule has 4 heteroatoms. The first-order valence-electron chi connectivity index (χ1n) is 4.87. The molecule has 0 saturated heterocycles. The van der Waals surface area contributed by atoms with Gasteiger partial charge in [0.05, 0.1) is 4.47 Å². The number of hydrogen-bond acceptors (Lipinski definition) is 1. The second kappa shape index (κ2) is 6.48. The average Bonchev–Trinajstić information content (AvgIpc) is 2.23. The third-order valence-corrected chi connectivity index (χ3v) is 3.71. The fourth-order valence-electron chi connectivity index (χ4n) is 1.12. The molecule has 0 aliphatic heterocycles. The smallest absolute Gasteiger partial charge is 0.144 e. The van der Waals surface area contributed by atoms with Crippen molar-refractivity contribution in [2.24, 2.45) is 0 Å². The fourth-order valence-corrected chi connectivity index (χ4v) is 2.60. The Bertz CT molecular complexity index is 329. The van der Waals surface area contributed by atoms with E-state index in [2.05, 4.69) is 22.9 Å². The molecule has 0 aliphatic rings. The van der Waals surface area contributed by atoms with Gasteiger partial charge in [0, 0.05) is 11.3 Å². The van der Waals surface area contributed by atoms with Crippen LogP contribution >= 0.6 is 27.7 Å². The average molecular weight is 295 g/mol. The van der Waals surface area contributed by atoms with E-state index < -0.39 is 11.6 Å².